The number of hydrogen-bond donors (Lipinski definition) is 1. The van der Waals surface area contributed by atoms with Crippen molar-refractivity contribution >= 4 is 11.3 Å². The van der Waals surface area contributed by atoms with Crippen LogP contribution in [0.1, 0.15) is 5.69 Å². The lowest BCUT2D eigenvalue weighted by molar-refractivity contribution is 0.109. The number of morpholine rings is 1. The molecule has 1 aromatic rings. The van der Waals surface area contributed by atoms with Crippen LogP contribution in [0.5, 0.6) is 5.19 Å². The largest absolute Gasteiger partial charge is 0.473 e. The summed E-state index contributed by atoms with van der Waals surface area (Å²) in [6.45, 7) is 5.78. The molecule has 0 aliphatic carbocycles. The fourth-order valence-electron chi connectivity index (χ4n) is 0.942. The maximum Gasteiger partial charge on any atom is 0.273 e. The van der Waals surface area contributed by atoms with Crippen molar-refractivity contribution in [1.29, 1.82) is 0 Å². The highest BCUT2D eigenvalue weighted by Crippen LogP contribution is 2.15. The van der Waals surface area contributed by atoms with Gasteiger partial charge in [-0.15, -0.1) is 0 Å². The molecule has 0 unspecified atom stereocenters. The van der Waals surface area contributed by atoms with Gasteiger partial charge in [-0.2, -0.15) is 0 Å². The van der Waals surface area contributed by atoms with E-state index < -0.39 is 0 Å². The van der Waals surface area contributed by atoms with Crippen molar-refractivity contribution in [2.75, 3.05) is 33.4 Å². The summed E-state index contributed by atoms with van der Waals surface area (Å²) in [5, 5.41) is 5.86. The van der Waals surface area contributed by atoms with Crippen molar-refractivity contribution < 1.29 is 9.47 Å². The molecule has 80 valence electrons. The molecule has 0 saturated carbocycles. The van der Waals surface area contributed by atoms with E-state index in [1.54, 1.807) is 7.11 Å². The Labute approximate surface area is 88.3 Å². The van der Waals surface area contributed by atoms with Crippen molar-refractivity contribution in [1.82, 2.24) is 10.3 Å². The fraction of sp³-hybridized carbons (Fsp3) is 0.667. The van der Waals surface area contributed by atoms with E-state index in [0.717, 1.165) is 37.2 Å². The van der Waals surface area contributed by atoms with Gasteiger partial charge in [-0.25, -0.2) is 4.98 Å². The molecule has 1 N–H and O–H groups in total. The molecule has 0 amide bonds. The number of rotatable bonds is 1. The number of aryl methyl sites for hydroxylation is 1. The minimum absolute atomic E-state index is 0.738. The fourth-order valence-corrected chi connectivity index (χ4v) is 1.56. The Morgan fingerprint density at radius 3 is 2.43 bits per heavy atom. The Bertz CT molecular complexity index is 237. The summed E-state index contributed by atoms with van der Waals surface area (Å²) in [6.07, 6.45) is 0. The van der Waals surface area contributed by atoms with Gasteiger partial charge in [-0.3, -0.25) is 0 Å². The van der Waals surface area contributed by atoms with Crippen LogP contribution in [0.3, 0.4) is 0 Å². The first-order valence-electron chi connectivity index (χ1n) is 4.57. The van der Waals surface area contributed by atoms with Gasteiger partial charge in [-0.1, -0.05) is 11.3 Å². The van der Waals surface area contributed by atoms with E-state index in [1.165, 1.54) is 11.3 Å². The van der Waals surface area contributed by atoms with Crippen LogP contribution in [0.15, 0.2) is 5.38 Å². The van der Waals surface area contributed by atoms with Crippen LogP contribution in [0.2, 0.25) is 0 Å². The second-order valence-electron chi connectivity index (χ2n) is 2.82. The summed E-state index contributed by atoms with van der Waals surface area (Å²) in [5.74, 6) is 0. The summed E-state index contributed by atoms with van der Waals surface area (Å²) in [4.78, 5) is 4.03. The first-order chi connectivity index (χ1) is 6.83. The third kappa shape index (κ3) is 4.55. The lowest BCUT2D eigenvalue weighted by Gasteiger charge is -2.10. The standard InChI is InChI=1S/C5H7NOS.C4H9NO/c1-4-3-8-5(6-4)7-2;1-3-6-4-2-5-1/h3H,1-2H3;5H,1-4H2. The molecule has 1 aliphatic heterocycles. The smallest absolute Gasteiger partial charge is 0.273 e. The molecule has 0 atom stereocenters. The van der Waals surface area contributed by atoms with Crippen LogP contribution in [0.4, 0.5) is 0 Å². The van der Waals surface area contributed by atoms with Gasteiger partial charge in [0.1, 0.15) is 0 Å². The highest BCUT2D eigenvalue weighted by atomic mass is 32.1. The number of ether oxygens (including phenoxy) is 2. The van der Waals surface area contributed by atoms with Gasteiger partial charge < -0.3 is 14.8 Å². The SMILES string of the molecule is C1COCCN1.COc1nc(C)cs1. The van der Waals surface area contributed by atoms with Gasteiger partial charge in [-0.05, 0) is 6.92 Å². The molecule has 2 heterocycles. The van der Waals surface area contributed by atoms with Crippen molar-refractivity contribution in [2.45, 2.75) is 6.92 Å². The van der Waals surface area contributed by atoms with Gasteiger partial charge in [0, 0.05) is 18.5 Å². The molecular formula is C9H16N2O2S. The maximum absolute atomic E-state index is 5.01. The molecule has 0 spiro atoms. The minimum Gasteiger partial charge on any atom is -0.473 e. The molecule has 0 radical (unpaired) electrons. The molecule has 1 aromatic heterocycles. The Hall–Kier alpha value is -0.650. The predicted molar refractivity (Wildman–Crippen MR) is 57.1 cm³/mol. The number of aromatic nitrogens is 1. The number of nitrogens with one attached hydrogen (secondary N) is 1. The quantitative estimate of drug-likeness (QED) is 0.762. The zero-order chi connectivity index (χ0) is 10.2. The Morgan fingerprint density at radius 2 is 2.21 bits per heavy atom. The van der Waals surface area contributed by atoms with Crippen LogP contribution in [-0.4, -0.2) is 38.4 Å². The number of hydrogen-bond acceptors (Lipinski definition) is 5. The van der Waals surface area contributed by atoms with Gasteiger partial charge in [0.25, 0.3) is 5.19 Å². The van der Waals surface area contributed by atoms with Crippen LogP contribution in [0.25, 0.3) is 0 Å². The molecule has 14 heavy (non-hydrogen) atoms. The average Bonchev–Trinajstić information content (AvgIpc) is 2.68. The predicted octanol–water partition coefficient (Wildman–Crippen LogP) is 1.07. The molecular weight excluding hydrogens is 200 g/mol. The minimum atomic E-state index is 0.738. The highest BCUT2D eigenvalue weighted by molar-refractivity contribution is 7.11. The molecule has 1 aliphatic rings. The lowest BCUT2D eigenvalue weighted by Crippen LogP contribution is -2.30. The van der Waals surface area contributed by atoms with Crippen LogP contribution in [0, 0.1) is 6.92 Å². The molecule has 0 bridgehead atoms. The molecule has 0 aromatic carbocycles. The van der Waals surface area contributed by atoms with Gasteiger partial charge >= 0.3 is 0 Å². The van der Waals surface area contributed by atoms with Crippen LogP contribution in [-0.2, 0) is 4.74 Å². The third-order valence-corrected chi connectivity index (χ3v) is 2.54. The highest BCUT2D eigenvalue weighted by Gasteiger charge is 1.93. The topological polar surface area (TPSA) is 43.4 Å². The van der Waals surface area contributed by atoms with Crippen LogP contribution < -0.4 is 10.1 Å². The maximum atomic E-state index is 5.01. The number of thiazole rings is 1. The monoisotopic (exact) mass is 216 g/mol. The van der Waals surface area contributed by atoms with Crippen molar-refractivity contribution in [2.24, 2.45) is 0 Å². The summed E-state index contributed by atoms with van der Waals surface area (Å²) < 4.78 is 9.85. The van der Waals surface area contributed by atoms with Crippen molar-refractivity contribution in [3.63, 3.8) is 0 Å². The van der Waals surface area contributed by atoms with E-state index in [2.05, 4.69) is 10.3 Å². The number of methoxy groups -OCH3 is 1. The van der Waals surface area contributed by atoms with Gasteiger partial charge in [0.05, 0.1) is 26.0 Å². The molecule has 2 rings (SSSR count). The average molecular weight is 216 g/mol. The summed E-state index contributed by atoms with van der Waals surface area (Å²) in [6, 6.07) is 0. The summed E-state index contributed by atoms with van der Waals surface area (Å²) in [5.41, 5.74) is 1.02. The van der Waals surface area contributed by atoms with Gasteiger partial charge in [0.15, 0.2) is 0 Å². The second kappa shape index (κ2) is 6.75. The zero-order valence-electron chi connectivity index (χ0n) is 8.58. The molecule has 1 saturated heterocycles. The summed E-state index contributed by atoms with van der Waals surface area (Å²) >= 11 is 1.52. The van der Waals surface area contributed by atoms with Crippen LogP contribution >= 0.6 is 11.3 Å². The van der Waals surface area contributed by atoms with Crippen molar-refractivity contribution in [3.05, 3.63) is 11.1 Å². The Kier molecular flexibility index (Phi) is 5.51. The van der Waals surface area contributed by atoms with E-state index in [1.807, 2.05) is 12.3 Å². The summed E-state index contributed by atoms with van der Waals surface area (Å²) in [7, 11) is 1.62. The lowest BCUT2D eigenvalue weighted by atomic mass is 10.5. The van der Waals surface area contributed by atoms with Gasteiger partial charge in [0.2, 0.25) is 0 Å². The van der Waals surface area contributed by atoms with E-state index in [9.17, 15) is 0 Å². The zero-order valence-corrected chi connectivity index (χ0v) is 9.39. The third-order valence-electron chi connectivity index (χ3n) is 1.62. The second-order valence-corrected chi connectivity index (χ2v) is 3.64. The molecule has 5 heteroatoms. The van der Waals surface area contributed by atoms with E-state index in [4.69, 9.17) is 9.47 Å². The van der Waals surface area contributed by atoms with E-state index in [-0.39, 0.29) is 0 Å². The first kappa shape index (κ1) is 11.4. The number of nitrogens with zero attached hydrogens (tertiary/aromatic N) is 1. The first-order valence-corrected chi connectivity index (χ1v) is 5.45. The molecule has 1 fully saturated rings. The normalized spacial score (nSPS) is 15.6. The Balaban J connectivity index is 0.000000146. The molecule has 4 nitrogen and oxygen atoms in total. The van der Waals surface area contributed by atoms with E-state index in [0.29, 0.717) is 0 Å². The Morgan fingerprint density at radius 1 is 1.50 bits per heavy atom. The van der Waals surface area contributed by atoms with Crippen molar-refractivity contribution in [3.8, 4) is 5.19 Å². The van der Waals surface area contributed by atoms with E-state index >= 15 is 0 Å².